The third-order valence-electron chi connectivity index (χ3n) is 15.1. The summed E-state index contributed by atoms with van der Waals surface area (Å²) in [5.74, 6) is -0.873. The number of hydrogen-bond donors (Lipinski definition) is 0. The van der Waals surface area contributed by atoms with Gasteiger partial charge in [-0.05, 0) is 116 Å². The van der Waals surface area contributed by atoms with Crippen LogP contribution in [0, 0.1) is 0 Å². The van der Waals surface area contributed by atoms with Crippen molar-refractivity contribution in [3.05, 3.63) is 85.1 Å². The van der Waals surface area contributed by atoms with E-state index in [2.05, 4.69) is 106 Å². The van der Waals surface area contributed by atoms with Crippen LogP contribution in [0.2, 0.25) is 0 Å². The summed E-state index contributed by atoms with van der Waals surface area (Å²) < 4.78 is 17.0. The number of carbonyl (C=O) groups excluding carboxylic acids is 3. The van der Waals surface area contributed by atoms with Crippen molar-refractivity contribution >= 4 is 17.9 Å². The van der Waals surface area contributed by atoms with E-state index in [4.69, 9.17) is 14.2 Å². The van der Waals surface area contributed by atoms with Gasteiger partial charge in [-0.15, -0.1) is 0 Å². The molecule has 1 unspecified atom stereocenters. The van der Waals surface area contributed by atoms with Gasteiger partial charge in [-0.3, -0.25) is 14.4 Å². The smallest absolute Gasteiger partial charge is 0.306 e. The molecule has 0 saturated heterocycles. The maximum Gasteiger partial charge on any atom is 0.306 e. The van der Waals surface area contributed by atoms with Gasteiger partial charge in [0.25, 0.3) is 0 Å². The quantitative estimate of drug-likeness (QED) is 0.0261. The van der Waals surface area contributed by atoms with E-state index in [9.17, 15) is 14.4 Å². The lowest BCUT2D eigenvalue weighted by atomic mass is 10.0. The number of allylic oxidation sites excluding steroid dienone is 14. The Kier molecular flexibility index (Phi) is 65.2. The highest BCUT2D eigenvalue weighted by atomic mass is 16.6. The van der Waals surface area contributed by atoms with Crippen LogP contribution in [0.15, 0.2) is 85.1 Å². The van der Waals surface area contributed by atoms with Crippen molar-refractivity contribution in [2.75, 3.05) is 13.2 Å². The Hall–Kier alpha value is -3.41. The first-order valence-electron chi connectivity index (χ1n) is 34.6. The summed E-state index contributed by atoms with van der Waals surface area (Å²) in [6.07, 6.45) is 90.3. The monoisotopic (exact) mass is 1110 g/mol. The summed E-state index contributed by atoms with van der Waals surface area (Å²) in [7, 11) is 0. The molecule has 0 bridgehead atoms. The predicted molar refractivity (Wildman–Crippen MR) is 348 cm³/mol. The Balaban J connectivity index is 4.25. The SMILES string of the molecule is CC/C=C\C/C=C\C/C=C\C/C=C\CCCCCCCCCCCCCCCCCCC(=O)OCC(COC(=O)CCCCCCC/C=C\CCCCCCC)OC(=O)CCCCCCCCCCC/C=C\C/C=C\CCCCC. The molecule has 0 heterocycles. The van der Waals surface area contributed by atoms with Gasteiger partial charge in [-0.25, -0.2) is 0 Å². The zero-order chi connectivity index (χ0) is 57.8. The molecule has 6 heteroatoms. The largest absolute Gasteiger partial charge is 0.462 e. The number of unbranched alkanes of at least 4 members (excludes halogenated alkanes) is 38. The lowest BCUT2D eigenvalue weighted by Gasteiger charge is -2.18. The molecule has 0 rings (SSSR count). The number of carbonyl (C=O) groups is 3. The minimum absolute atomic E-state index is 0.0776. The number of hydrogen-bond acceptors (Lipinski definition) is 6. The zero-order valence-electron chi connectivity index (χ0n) is 53.1. The van der Waals surface area contributed by atoms with Crippen molar-refractivity contribution in [2.24, 2.45) is 0 Å². The van der Waals surface area contributed by atoms with Gasteiger partial charge in [0.15, 0.2) is 6.10 Å². The van der Waals surface area contributed by atoms with Crippen molar-refractivity contribution in [3.8, 4) is 0 Å². The summed E-state index contributed by atoms with van der Waals surface area (Å²) in [4.78, 5) is 38.4. The molecule has 0 amide bonds. The van der Waals surface area contributed by atoms with Crippen LogP contribution in [-0.4, -0.2) is 37.2 Å². The fourth-order valence-electron chi connectivity index (χ4n) is 9.93. The van der Waals surface area contributed by atoms with Crippen LogP contribution in [-0.2, 0) is 28.6 Å². The summed E-state index contributed by atoms with van der Waals surface area (Å²) in [6.45, 7) is 6.53. The van der Waals surface area contributed by atoms with Crippen LogP contribution in [0.4, 0.5) is 0 Å². The number of esters is 3. The minimum Gasteiger partial charge on any atom is -0.462 e. The maximum absolute atomic E-state index is 12.9. The van der Waals surface area contributed by atoms with Gasteiger partial charge in [0.1, 0.15) is 13.2 Å². The molecule has 6 nitrogen and oxygen atoms in total. The van der Waals surface area contributed by atoms with Gasteiger partial charge in [-0.2, -0.15) is 0 Å². The van der Waals surface area contributed by atoms with Gasteiger partial charge in [-0.1, -0.05) is 298 Å². The summed E-state index contributed by atoms with van der Waals surface area (Å²) in [5, 5.41) is 0. The first kappa shape index (κ1) is 76.6. The van der Waals surface area contributed by atoms with E-state index in [-0.39, 0.29) is 31.1 Å². The van der Waals surface area contributed by atoms with E-state index >= 15 is 0 Å². The third kappa shape index (κ3) is 65.4. The van der Waals surface area contributed by atoms with Crippen LogP contribution in [0.1, 0.15) is 348 Å². The fraction of sp³-hybridized carbons (Fsp3) is 0.770. The third-order valence-corrected chi connectivity index (χ3v) is 15.1. The molecule has 0 aliphatic heterocycles. The van der Waals surface area contributed by atoms with Gasteiger partial charge < -0.3 is 14.2 Å². The van der Waals surface area contributed by atoms with Crippen LogP contribution in [0.25, 0.3) is 0 Å². The van der Waals surface area contributed by atoms with E-state index in [0.29, 0.717) is 19.3 Å². The molecule has 0 saturated carbocycles. The van der Waals surface area contributed by atoms with E-state index in [0.717, 1.165) is 96.3 Å². The number of ether oxygens (including phenoxy) is 3. The molecular weight excluding hydrogens is 985 g/mol. The fourth-order valence-corrected chi connectivity index (χ4v) is 9.93. The zero-order valence-corrected chi connectivity index (χ0v) is 53.1. The highest BCUT2D eigenvalue weighted by Gasteiger charge is 2.19. The molecule has 0 spiro atoms. The normalized spacial score (nSPS) is 12.6. The molecule has 1 atom stereocenters. The highest BCUT2D eigenvalue weighted by Crippen LogP contribution is 2.17. The van der Waals surface area contributed by atoms with Gasteiger partial charge >= 0.3 is 17.9 Å². The molecule has 0 N–H and O–H groups in total. The Labute approximate surface area is 496 Å². The predicted octanol–water partition coefficient (Wildman–Crippen LogP) is 23.8. The van der Waals surface area contributed by atoms with Gasteiger partial charge in [0.05, 0.1) is 0 Å². The Bertz CT molecular complexity index is 1520. The second-order valence-corrected chi connectivity index (χ2v) is 23.1. The molecule has 462 valence electrons. The molecule has 80 heavy (non-hydrogen) atoms. The van der Waals surface area contributed by atoms with E-state index in [1.54, 1.807) is 0 Å². The van der Waals surface area contributed by atoms with Crippen LogP contribution >= 0.6 is 0 Å². The molecule has 0 aliphatic carbocycles. The second-order valence-electron chi connectivity index (χ2n) is 23.1. The maximum atomic E-state index is 12.9. The van der Waals surface area contributed by atoms with Gasteiger partial charge in [0.2, 0.25) is 0 Å². The average Bonchev–Trinajstić information content (AvgIpc) is 3.46. The van der Waals surface area contributed by atoms with Crippen molar-refractivity contribution in [3.63, 3.8) is 0 Å². The standard InChI is InChI=1S/C74H130O6/c1-4-7-10-13-16-19-22-25-28-30-32-33-34-35-36-37-38-39-40-41-43-44-46-49-52-55-58-61-64-67-73(76)79-70-71(69-78-72(75)66-63-60-57-54-51-48-27-24-21-18-15-12-9-6-3)80-74(77)68-65-62-59-56-53-50-47-45-42-31-29-26-23-20-17-14-11-8-5-2/h7,10,16-17,19-20,24-29,32-33,71H,4-6,8-9,11-15,18,21-23,30-31,34-70H2,1-3H3/b10-7-,19-16-,20-17-,27-24-,28-25-,29-26-,33-32-. The number of rotatable bonds is 63. The van der Waals surface area contributed by atoms with Crippen LogP contribution in [0.3, 0.4) is 0 Å². The van der Waals surface area contributed by atoms with E-state index in [1.165, 1.54) is 212 Å². The van der Waals surface area contributed by atoms with E-state index in [1.807, 2.05) is 0 Å². The topological polar surface area (TPSA) is 78.9 Å². The second kappa shape index (κ2) is 68.1. The van der Waals surface area contributed by atoms with Crippen molar-refractivity contribution in [2.45, 2.75) is 354 Å². The summed E-state index contributed by atoms with van der Waals surface area (Å²) >= 11 is 0. The first-order valence-corrected chi connectivity index (χ1v) is 34.6. The molecule has 0 aromatic heterocycles. The summed E-state index contributed by atoms with van der Waals surface area (Å²) in [6, 6.07) is 0. The van der Waals surface area contributed by atoms with Crippen LogP contribution in [0.5, 0.6) is 0 Å². The first-order chi connectivity index (χ1) is 39.5. The van der Waals surface area contributed by atoms with Gasteiger partial charge in [0, 0.05) is 19.3 Å². The Morgan fingerprint density at radius 2 is 0.487 bits per heavy atom. The molecule has 0 fully saturated rings. The Morgan fingerprint density at radius 3 is 0.800 bits per heavy atom. The van der Waals surface area contributed by atoms with Crippen molar-refractivity contribution in [1.29, 1.82) is 0 Å². The summed E-state index contributed by atoms with van der Waals surface area (Å²) in [5.41, 5.74) is 0. The van der Waals surface area contributed by atoms with Crippen molar-refractivity contribution < 1.29 is 28.6 Å². The lowest BCUT2D eigenvalue weighted by Crippen LogP contribution is -2.30. The molecule has 0 aromatic carbocycles. The van der Waals surface area contributed by atoms with E-state index < -0.39 is 6.10 Å². The average molecular weight is 1120 g/mol. The molecule has 0 aromatic rings. The molecule has 0 aliphatic rings. The molecular formula is C74H130O6. The van der Waals surface area contributed by atoms with Crippen LogP contribution < -0.4 is 0 Å². The minimum atomic E-state index is -0.782. The Morgan fingerprint density at radius 1 is 0.263 bits per heavy atom. The highest BCUT2D eigenvalue weighted by molar-refractivity contribution is 5.71. The molecule has 0 radical (unpaired) electrons. The van der Waals surface area contributed by atoms with Crippen molar-refractivity contribution in [1.82, 2.24) is 0 Å². The lowest BCUT2D eigenvalue weighted by molar-refractivity contribution is -0.167.